The van der Waals surface area contributed by atoms with Crippen molar-refractivity contribution in [1.29, 1.82) is 0 Å². The van der Waals surface area contributed by atoms with Gasteiger partial charge in [-0.3, -0.25) is 9.67 Å². The number of aryl methyl sites for hydroxylation is 1. The summed E-state index contributed by atoms with van der Waals surface area (Å²) in [6.07, 6.45) is 3.91. The summed E-state index contributed by atoms with van der Waals surface area (Å²) in [5.74, 6) is 0.606. The number of hydrogen-bond acceptors (Lipinski definition) is 3. The number of halogens is 2. The second-order valence-electron chi connectivity index (χ2n) is 6.60. The molecule has 0 radical (unpaired) electrons. The molecule has 150 valence electrons. The van der Waals surface area contributed by atoms with E-state index in [1.54, 1.807) is 16.8 Å². The molecule has 1 N–H and O–H groups in total. The standard InChI is InChI=1S/C19H29FN6.HI/c1-6-21-19(25(4)13-15-7-9-17(20)10-8-15)22-12-18(24(2)3)16-11-23-26(5)14-16;/h7-11,14,18H,6,12-13H2,1-5H3,(H,21,22);1H. The minimum absolute atomic E-state index is 0. The Bertz CT molecular complexity index is 713. The quantitative estimate of drug-likeness (QED) is 0.370. The molecule has 0 aliphatic rings. The van der Waals surface area contributed by atoms with Crippen LogP contribution < -0.4 is 5.32 Å². The highest BCUT2D eigenvalue weighted by atomic mass is 127. The second kappa shape index (κ2) is 11.2. The van der Waals surface area contributed by atoms with Crippen LogP contribution in [0.15, 0.2) is 41.7 Å². The van der Waals surface area contributed by atoms with E-state index in [4.69, 9.17) is 4.99 Å². The van der Waals surface area contributed by atoms with E-state index in [0.717, 1.165) is 23.6 Å². The average molecular weight is 488 g/mol. The van der Waals surface area contributed by atoms with Crippen molar-refractivity contribution in [2.24, 2.45) is 12.0 Å². The molecule has 0 bridgehead atoms. The topological polar surface area (TPSA) is 48.7 Å². The lowest BCUT2D eigenvalue weighted by molar-refractivity contribution is 0.305. The molecule has 2 rings (SSSR count). The molecule has 0 fully saturated rings. The molecule has 1 unspecified atom stereocenters. The van der Waals surface area contributed by atoms with Crippen LogP contribution in [0.25, 0.3) is 0 Å². The van der Waals surface area contributed by atoms with Crippen LogP contribution in [-0.4, -0.2) is 59.8 Å². The SMILES string of the molecule is CCNC(=NCC(c1cnn(C)c1)N(C)C)N(C)Cc1ccc(F)cc1.I. The molecular weight excluding hydrogens is 458 g/mol. The van der Waals surface area contributed by atoms with Crippen LogP contribution in [-0.2, 0) is 13.6 Å². The van der Waals surface area contributed by atoms with E-state index in [2.05, 4.69) is 15.3 Å². The Labute approximate surface area is 178 Å². The van der Waals surface area contributed by atoms with Crippen LogP contribution >= 0.6 is 24.0 Å². The predicted molar refractivity (Wildman–Crippen MR) is 119 cm³/mol. The molecule has 27 heavy (non-hydrogen) atoms. The molecule has 8 heteroatoms. The third-order valence-corrected chi connectivity index (χ3v) is 4.18. The third-order valence-electron chi connectivity index (χ3n) is 4.18. The first-order chi connectivity index (χ1) is 12.4. The van der Waals surface area contributed by atoms with Gasteiger partial charge in [-0.1, -0.05) is 12.1 Å². The lowest BCUT2D eigenvalue weighted by Gasteiger charge is -2.25. The van der Waals surface area contributed by atoms with Gasteiger partial charge in [0.15, 0.2) is 5.96 Å². The number of hydrogen-bond donors (Lipinski definition) is 1. The van der Waals surface area contributed by atoms with Crippen LogP contribution in [0.3, 0.4) is 0 Å². The maximum Gasteiger partial charge on any atom is 0.194 e. The average Bonchev–Trinajstić information content (AvgIpc) is 3.02. The van der Waals surface area contributed by atoms with Crippen molar-refractivity contribution in [2.75, 3.05) is 34.2 Å². The highest BCUT2D eigenvalue weighted by Gasteiger charge is 2.16. The molecule has 0 spiro atoms. The van der Waals surface area contributed by atoms with Crippen molar-refractivity contribution in [2.45, 2.75) is 19.5 Å². The van der Waals surface area contributed by atoms with E-state index in [0.29, 0.717) is 13.1 Å². The molecule has 1 heterocycles. The van der Waals surface area contributed by atoms with Crippen LogP contribution in [0.2, 0.25) is 0 Å². The summed E-state index contributed by atoms with van der Waals surface area (Å²) in [6.45, 7) is 4.11. The number of likely N-dealkylation sites (N-methyl/N-ethyl adjacent to an activating group) is 1. The number of rotatable bonds is 7. The lowest BCUT2D eigenvalue weighted by atomic mass is 10.1. The number of aromatic nitrogens is 2. The van der Waals surface area contributed by atoms with Crippen LogP contribution in [0.4, 0.5) is 4.39 Å². The summed E-state index contributed by atoms with van der Waals surface area (Å²) in [5, 5.41) is 7.59. The number of nitrogens with zero attached hydrogens (tertiary/aromatic N) is 5. The van der Waals surface area contributed by atoms with E-state index < -0.39 is 0 Å². The third kappa shape index (κ3) is 7.10. The molecule has 6 nitrogen and oxygen atoms in total. The molecule has 1 aromatic carbocycles. The summed E-state index contributed by atoms with van der Waals surface area (Å²) in [5.41, 5.74) is 2.18. The Morgan fingerprint density at radius 3 is 2.44 bits per heavy atom. The van der Waals surface area contributed by atoms with Crippen molar-refractivity contribution in [1.82, 2.24) is 24.9 Å². The van der Waals surface area contributed by atoms with E-state index in [-0.39, 0.29) is 35.8 Å². The summed E-state index contributed by atoms with van der Waals surface area (Å²) >= 11 is 0. The van der Waals surface area contributed by atoms with E-state index in [1.165, 1.54) is 12.1 Å². The molecule has 0 aliphatic carbocycles. The van der Waals surface area contributed by atoms with Gasteiger partial charge in [0.1, 0.15) is 5.82 Å². The van der Waals surface area contributed by atoms with Crippen molar-refractivity contribution in [3.05, 3.63) is 53.6 Å². The summed E-state index contributed by atoms with van der Waals surface area (Å²) in [7, 11) is 7.99. The maximum absolute atomic E-state index is 13.1. The van der Waals surface area contributed by atoms with Crippen molar-refractivity contribution < 1.29 is 4.39 Å². The molecule has 1 atom stereocenters. The van der Waals surface area contributed by atoms with Crippen LogP contribution in [0.5, 0.6) is 0 Å². The first-order valence-corrected chi connectivity index (χ1v) is 8.79. The van der Waals surface area contributed by atoms with E-state index in [9.17, 15) is 4.39 Å². The van der Waals surface area contributed by atoms with Crippen LogP contribution in [0, 0.1) is 5.82 Å². The number of nitrogens with one attached hydrogen (secondary N) is 1. The summed E-state index contributed by atoms with van der Waals surface area (Å²) in [6, 6.07) is 6.72. The van der Waals surface area contributed by atoms with Gasteiger partial charge in [-0.2, -0.15) is 5.10 Å². The van der Waals surface area contributed by atoms with Gasteiger partial charge in [-0.25, -0.2) is 4.39 Å². The molecule has 0 amide bonds. The molecule has 0 aliphatic heterocycles. The van der Waals surface area contributed by atoms with Crippen molar-refractivity contribution >= 4 is 29.9 Å². The zero-order chi connectivity index (χ0) is 19.1. The van der Waals surface area contributed by atoms with E-state index >= 15 is 0 Å². The highest BCUT2D eigenvalue weighted by Crippen LogP contribution is 2.17. The normalized spacial score (nSPS) is 12.6. The van der Waals surface area contributed by atoms with E-state index in [1.807, 2.05) is 52.4 Å². The van der Waals surface area contributed by atoms with Crippen LogP contribution in [0.1, 0.15) is 24.1 Å². The van der Waals surface area contributed by atoms with Gasteiger partial charge in [-0.05, 0) is 38.7 Å². The Hall–Kier alpha value is -1.68. The molecule has 0 saturated heterocycles. The fourth-order valence-corrected chi connectivity index (χ4v) is 2.76. The smallest absolute Gasteiger partial charge is 0.194 e. The zero-order valence-electron chi connectivity index (χ0n) is 16.7. The van der Waals surface area contributed by atoms with Gasteiger partial charge in [0.25, 0.3) is 0 Å². The second-order valence-corrected chi connectivity index (χ2v) is 6.60. The Morgan fingerprint density at radius 2 is 1.93 bits per heavy atom. The monoisotopic (exact) mass is 488 g/mol. The zero-order valence-corrected chi connectivity index (χ0v) is 19.0. The van der Waals surface area contributed by atoms with Gasteiger partial charge in [0.05, 0.1) is 18.8 Å². The fourth-order valence-electron chi connectivity index (χ4n) is 2.76. The minimum atomic E-state index is -0.220. The van der Waals surface area contributed by atoms with Gasteiger partial charge in [-0.15, -0.1) is 24.0 Å². The fraction of sp³-hybridized carbons (Fsp3) is 0.474. The van der Waals surface area contributed by atoms with Crippen molar-refractivity contribution in [3.63, 3.8) is 0 Å². The van der Waals surface area contributed by atoms with Gasteiger partial charge in [0.2, 0.25) is 0 Å². The maximum atomic E-state index is 13.1. The Balaban J connectivity index is 0.00000364. The lowest BCUT2D eigenvalue weighted by Crippen LogP contribution is -2.39. The summed E-state index contributed by atoms with van der Waals surface area (Å²) < 4.78 is 14.9. The predicted octanol–water partition coefficient (Wildman–Crippen LogP) is 2.88. The summed E-state index contributed by atoms with van der Waals surface area (Å²) in [4.78, 5) is 9.00. The molecule has 0 saturated carbocycles. The van der Waals surface area contributed by atoms with Gasteiger partial charge >= 0.3 is 0 Å². The van der Waals surface area contributed by atoms with Gasteiger partial charge in [0, 0.05) is 38.9 Å². The number of guanidine groups is 1. The molecular formula is C19H30FIN6. The first-order valence-electron chi connectivity index (χ1n) is 8.79. The first kappa shape index (κ1) is 23.4. The Morgan fingerprint density at radius 1 is 1.26 bits per heavy atom. The highest BCUT2D eigenvalue weighted by molar-refractivity contribution is 14.0. The molecule has 1 aromatic heterocycles. The Kier molecular flexibility index (Phi) is 9.71. The largest absolute Gasteiger partial charge is 0.357 e. The minimum Gasteiger partial charge on any atom is -0.357 e. The number of aliphatic imine (C=N–C) groups is 1. The van der Waals surface area contributed by atoms with Crippen molar-refractivity contribution in [3.8, 4) is 0 Å². The van der Waals surface area contributed by atoms with Gasteiger partial charge < -0.3 is 15.1 Å². The number of benzene rings is 1. The molecule has 2 aromatic rings.